The number of aryl methyl sites for hydroxylation is 1. The average Bonchev–Trinajstić information content (AvgIpc) is 2.68. The minimum atomic E-state index is -0.253. The molecule has 0 spiro atoms. The lowest BCUT2D eigenvalue weighted by Gasteiger charge is -2.35. The standard InChI is InChI=1S/C21H27N3O2/c1-26-18-9-7-16(8-10-18)11-14-24(15-12-20(22)25)19-6-2-4-17-5-3-13-23-21(17)19/h3,5,7-10,13,19H,2,4,6,11-12,14-15H2,1H3,(H2,22,25)/t19-/m0/s1. The number of benzene rings is 1. The topological polar surface area (TPSA) is 68.5 Å². The highest BCUT2D eigenvalue weighted by atomic mass is 16.5. The van der Waals surface area contributed by atoms with E-state index in [0.717, 1.165) is 43.7 Å². The van der Waals surface area contributed by atoms with Gasteiger partial charge in [-0.1, -0.05) is 18.2 Å². The van der Waals surface area contributed by atoms with Crippen molar-refractivity contribution in [2.24, 2.45) is 5.73 Å². The third kappa shape index (κ3) is 4.61. The molecule has 1 aromatic heterocycles. The van der Waals surface area contributed by atoms with Gasteiger partial charge in [0.1, 0.15) is 5.75 Å². The normalized spacial score (nSPS) is 16.3. The molecular formula is C21H27N3O2. The number of fused-ring (bicyclic) bond motifs is 1. The summed E-state index contributed by atoms with van der Waals surface area (Å²) in [4.78, 5) is 18.4. The number of nitrogens with zero attached hydrogens (tertiary/aromatic N) is 2. The Morgan fingerprint density at radius 3 is 2.81 bits per heavy atom. The molecule has 0 bridgehead atoms. The number of hydrogen-bond acceptors (Lipinski definition) is 4. The Morgan fingerprint density at radius 1 is 1.27 bits per heavy atom. The average molecular weight is 353 g/mol. The van der Waals surface area contributed by atoms with Crippen LogP contribution >= 0.6 is 0 Å². The third-order valence-electron chi connectivity index (χ3n) is 5.10. The van der Waals surface area contributed by atoms with Gasteiger partial charge in [-0.25, -0.2) is 0 Å². The van der Waals surface area contributed by atoms with Crippen molar-refractivity contribution >= 4 is 5.91 Å². The van der Waals surface area contributed by atoms with Crippen LogP contribution < -0.4 is 10.5 Å². The second-order valence-corrected chi connectivity index (χ2v) is 6.81. The lowest BCUT2D eigenvalue weighted by atomic mass is 9.90. The zero-order chi connectivity index (χ0) is 18.4. The molecule has 26 heavy (non-hydrogen) atoms. The summed E-state index contributed by atoms with van der Waals surface area (Å²) >= 11 is 0. The van der Waals surface area contributed by atoms with Gasteiger partial charge in [0, 0.05) is 25.7 Å². The number of primary amides is 1. The van der Waals surface area contributed by atoms with E-state index >= 15 is 0 Å². The maximum atomic E-state index is 11.3. The highest BCUT2D eigenvalue weighted by molar-refractivity contribution is 5.73. The van der Waals surface area contributed by atoms with Gasteiger partial charge in [0.2, 0.25) is 5.91 Å². The van der Waals surface area contributed by atoms with Gasteiger partial charge < -0.3 is 10.5 Å². The summed E-state index contributed by atoms with van der Waals surface area (Å²) in [5, 5.41) is 0. The van der Waals surface area contributed by atoms with E-state index in [4.69, 9.17) is 10.5 Å². The summed E-state index contributed by atoms with van der Waals surface area (Å²) in [5.74, 6) is 0.612. The number of pyridine rings is 1. The molecule has 1 heterocycles. The van der Waals surface area contributed by atoms with Gasteiger partial charge >= 0.3 is 0 Å². The van der Waals surface area contributed by atoms with Gasteiger partial charge in [0.25, 0.3) is 0 Å². The van der Waals surface area contributed by atoms with E-state index in [-0.39, 0.29) is 11.9 Å². The summed E-state index contributed by atoms with van der Waals surface area (Å²) in [6, 6.07) is 12.6. The van der Waals surface area contributed by atoms with Crippen molar-refractivity contribution in [3.05, 3.63) is 59.4 Å². The van der Waals surface area contributed by atoms with E-state index in [1.807, 2.05) is 24.4 Å². The zero-order valence-electron chi connectivity index (χ0n) is 15.4. The molecule has 0 fully saturated rings. The second kappa shape index (κ2) is 8.81. The quantitative estimate of drug-likeness (QED) is 0.792. The number of ether oxygens (including phenoxy) is 1. The summed E-state index contributed by atoms with van der Waals surface area (Å²) in [5.41, 5.74) is 9.16. The first-order valence-corrected chi connectivity index (χ1v) is 9.26. The summed E-state index contributed by atoms with van der Waals surface area (Å²) in [7, 11) is 1.67. The third-order valence-corrected chi connectivity index (χ3v) is 5.10. The van der Waals surface area contributed by atoms with Crippen molar-refractivity contribution in [2.75, 3.05) is 20.2 Å². The van der Waals surface area contributed by atoms with Crippen LogP contribution in [-0.2, 0) is 17.6 Å². The predicted octanol–water partition coefficient (Wildman–Crippen LogP) is 2.89. The van der Waals surface area contributed by atoms with Crippen molar-refractivity contribution in [3.8, 4) is 5.75 Å². The molecule has 1 aliphatic carbocycles. The van der Waals surface area contributed by atoms with Crippen LogP contribution in [0.25, 0.3) is 0 Å². The number of nitrogens with two attached hydrogens (primary N) is 1. The lowest BCUT2D eigenvalue weighted by Crippen LogP contribution is -2.36. The van der Waals surface area contributed by atoms with Gasteiger partial charge in [0.05, 0.1) is 18.8 Å². The van der Waals surface area contributed by atoms with Crippen molar-refractivity contribution < 1.29 is 9.53 Å². The fourth-order valence-corrected chi connectivity index (χ4v) is 3.68. The highest BCUT2D eigenvalue weighted by Crippen LogP contribution is 2.33. The first-order chi connectivity index (χ1) is 12.7. The van der Waals surface area contributed by atoms with Gasteiger partial charge in [-0.2, -0.15) is 0 Å². The van der Waals surface area contributed by atoms with Crippen LogP contribution in [0.5, 0.6) is 5.75 Å². The summed E-state index contributed by atoms with van der Waals surface area (Å²) in [6.07, 6.45) is 6.47. The molecule has 0 aliphatic heterocycles. The number of carbonyl (C=O) groups is 1. The number of amides is 1. The number of hydrogen-bond donors (Lipinski definition) is 1. The largest absolute Gasteiger partial charge is 0.497 e. The van der Waals surface area contributed by atoms with Gasteiger partial charge in [0.15, 0.2) is 0 Å². The maximum absolute atomic E-state index is 11.3. The minimum Gasteiger partial charge on any atom is -0.497 e. The van der Waals surface area contributed by atoms with Crippen LogP contribution in [-0.4, -0.2) is 36.0 Å². The fourth-order valence-electron chi connectivity index (χ4n) is 3.68. The Labute approximate surface area is 155 Å². The Kier molecular flexibility index (Phi) is 6.23. The molecule has 1 aromatic carbocycles. The number of aromatic nitrogens is 1. The molecular weight excluding hydrogens is 326 g/mol. The Balaban J connectivity index is 1.73. The van der Waals surface area contributed by atoms with Crippen LogP contribution in [0.3, 0.4) is 0 Å². The van der Waals surface area contributed by atoms with E-state index in [9.17, 15) is 4.79 Å². The van der Waals surface area contributed by atoms with Crippen LogP contribution in [0.1, 0.15) is 42.1 Å². The molecule has 0 saturated heterocycles. The lowest BCUT2D eigenvalue weighted by molar-refractivity contribution is -0.118. The molecule has 2 aromatic rings. The summed E-state index contributed by atoms with van der Waals surface area (Å²) in [6.45, 7) is 1.55. The molecule has 2 N–H and O–H groups in total. The molecule has 0 radical (unpaired) electrons. The second-order valence-electron chi connectivity index (χ2n) is 6.81. The minimum absolute atomic E-state index is 0.253. The first-order valence-electron chi connectivity index (χ1n) is 9.26. The van der Waals surface area contributed by atoms with Crippen LogP contribution in [0, 0.1) is 0 Å². The molecule has 0 saturated carbocycles. The van der Waals surface area contributed by atoms with E-state index in [2.05, 4.69) is 28.1 Å². The Bertz CT molecular complexity index is 730. The number of carbonyl (C=O) groups excluding carboxylic acids is 1. The Hall–Kier alpha value is -2.40. The van der Waals surface area contributed by atoms with Crippen LogP contribution in [0.2, 0.25) is 0 Å². The van der Waals surface area contributed by atoms with Crippen molar-refractivity contribution in [2.45, 2.75) is 38.1 Å². The Morgan fingerprint density at radius 2 is 2.08 bits per heavy atom. The zero-order valence-corrected chi connectivity index (χ0v) is 15.4. The van der Waals surface area contributed by atoms with Crippen molar-refractivity contribution in [1.29, 1.82) is 0 Å². The molecule has 1 amide bonds. The molecule has 3 rings (SSSR count). The monoisotopic (exact) mass is 353 g/mol. The van der Waals surface area contributed by atoms with Crippen LogP contribution in [0.15, 0.2) is 42.6 Å². The van der Waals surface area contributed by atoms with E-state index in [1.165, 1.54) is 11.1 Å². The maximum Gasteiger partial charge on any atom is 0.218 e. The molecule has 138 valence electrons. The SMILES string of the molecule is COc1ccc(CCN(CCC(N)=O)[C@H]2CCCc3cccnc32)cc1. The molecule has 1 atom stereocenters. The molecule has 5 nitrogen and oxygen atoms in total. The van der Waals surface area contributed by atoms with Crippen LogP contribution in [0.4, 0.5) is 0 Å². The smallest absolute Gasteiger partial charge is 0.218 e. The first kappa shape index (κ1) is 18.4. The highest BCUT2D eigenvalue weighted by Gasteiger charge is 2.27. The number of methoxy groups -OCH3 is 1. The van der Waals surface area contributed by atoms with Crippen molar-refractivity contribution in [1.82, 2.24) is 9.88 Å². The van der Waals surface area contributed by atoms with E-state index in [1.54, 1.807) is 7.11 Å². The van der Waals surface area contributed by atoms with E-state index < -0.39 is 0 Å². The molecule has 5 heteroatoms. The van der Waals surface area contributed by atoms with Crippen molar-refractivity contribution in [3.63, 3.8) is 0 Å². The van der Waals surface area contributed by atoms with Gasteiger partial charge in [-0.3, -0.25) is 14.7 Å². The number of rotatable bonds is 8. The van der Waals surface area contributed by atoms with E-state index in [0.29, 0.717) is 13.0 Å². The van der Waals surface area contributed by atoms with Gasteiger partial charge in [-0.15, -0.1) is 0 Å². The fraction of sp³-hybridized carbons (Fsp3) is 0.429. The predicted molar refractivity (Wildman–Crippen MR) is 102 cm³/mol. The summed E-state index contributed by atoms with van der Waals surface area (Å²) < 4.78 is 5.22. The molecule has 0 unspecified atom stereocenters. The molecule has 1 aliphatic rings. The van der Waals surface area contributed by atoms with Gasteiger partial charge in [-0.05, 0) is 55.0 Å².